The zero-order valence-electron chi connectivity index (χ0n) is 13.4. The van der Waals surface area contributed by atoms with Crippen molar-refractivity contribution in [3.63, 3.8) is 0 Å². The van der Waals surface area contributed by atoms with Crippen LogP contribution in [0.3, 0.4) is 0 Å². The second kappa shape index (κ2) is 8.01. The molecule has 0 atom stereocenters. The Morgan fingerprint density at radius 1 is 1.05 bits per heavy atom. The highest BCUT2D eigenvalue weighted by Crippen LogP contribution is 2.17. The van der Waals surface area contributed by atoms with Crippen LogP contribution in [0.1, 0.15) is 44.6 Å². The lowest BCUT2D eigenvalue weighted by Gasteiger charge is -2.23. The summed E-state index contributed by atoms with van der Waals surface area (Å²) in [7, 11) is 6.43. The third-order valence-electron chi connectivity index (χ3n) is 3.41. The minimum absolute atomic E-state index is 0.233. The fraction of sp³-hybridized carbons (Fsp3) is 0.500. The first-order valence-electron chi connectivity index (χ1n) is 7.56. The Morgan fingerprint density at radius 2 is 1.70 bits per heavy atom. The molecule has 0 saturated heterocycles. The summed E-state index contributed by atoms with van der Waals surface area (Å²) in [6, 6.07) is 8.37. The maximum atomic E-state index is 11.7. The van der Waals surface area contributed by atoms with E-state index in [2.05, 4.69) is 52.3 Å². The second-order valence-electron chi connectivity index (χ2n) is 6.21. The van der Waals surface area contributed by atoms with Crippen LogP contribution < -0.4 is 4.48 Å². The van der Waals surface area contributed by atoms with Gasteiger partial charge in [-0.3, -0.25) is 9.28 Å². The molecule has 0 unspecified atom stereocenters. The lowest BCUT2D eigenvalue weighted by molar-refractivity contribution is -0.114. The third-order valence-corrected chi connectivity index (χ3v) is 3.41. The van der Waals surface area contributed by atoms with Gasteiger partial charge in [-0.25, -0.2) is 0 Å². The Morgan fingerprint density at radius 3 is 2.25 bits per heavy atom. The number of benzene rings is 1. The first-order chi connectivity index (χ1) is 9.43. The molecule has 0 bridgehead atoms. The van der Waals surface area contributed by atoms with E-state index >= 15 is 0 Å². The molecule has 0 fully saturated rings. The molecule has 0 heterocycles. The summed E-state index contributed by atoms with van der Waals surface area (Å²) in [5.74, 6) is 0.233. The fourth-order valence-corrected chi connectivity index (χ4v) is 2.03. The highest BCUT2D eigenvalue weighted by Gasteiger charge is 2.10. The van der Waals surface area contributed by atoms with Crippen LogP contribution in [0.15, 0.2) is 30.3 Å². The molecule has 0 saturated carbocycles. The lowest BCUT2D eigenvalue weighted by atomic mass is 10.1. The Hall–Kier alpha value is -1.41. The third kappa shape index (κ3) is 6.16. The average Bonchev–Trinajstić information content (AvgIpc) is 2.41. The van der Waals surface area contributed by atoms with Gasteiger partial charge in [0.1, 0.15) is 5.69 Å². The van der Waals surface area contributed by atoms with Gasteiger partial charge >= 0.3 is 0 Å². The van der Waals surface area contributed by atoms with Crippen molar-refractivity contribution in [3.05, 3.63) is 35.9 Å². The van der Waals surface area contributed by atoms with E-state index in [-0.39, 0.29) is 5.78 Å². The summed E-state index contributed by atoms with van der Waals surface area (Å²) in [6.45, 7) is 2.18. The average molecular weight is 274 g/mol. The molecule has 110 valence electrons. The largest absolute Gasteiger partial charge is 0.298 e. The van der Waals surface area contributed by atoms with Gasteiger partial charge in [0.2, 0.25) is 0 Å². The smallest absolute Gasteiger partial charge is 0.155 e. The van der Waals surface area contributed by atoms with E-state index < -0.39 is 0 Å². The van der Waals surface area contributed by atoms with E-state index in [1.165, 1.54) is 18.5 Å². The molecule has 0 spiro atoms. The van der Waals surface area contributed by atoms with Gasteiger partial charge in [-0.15, -0.1) is 0 Å². The number of unbranched alkanes of at least 4 members (excludes halogenated alkanes) is 3. The minimum Gasteiger partial charge on any atom is -0.298 e. The molecule has 20 heavy (non-hydrogen) atoms. The first-order valence-corrected chi connectivity index (χ1v) is 7.56. The molecule has 0 aliphatic carbocycles. The summed E-state index contributed by atoms with van der Waals surface area (Å²) >= 11 is 0. The van der Waals surface area contributed by atoms with E-state index in [9.17, 15) is 4.79 Å². The van der Waals surface area contributed by atoms with Crippen LogP contribution in [0.4, 0.5) is 5.69 Å². The Balaban J connectivity index is 2.47. The molecule has 1 aromatic carbocycles. The second-order valence-corrected chi connectivity index (χ2v) is 6.21. The van der Waals surface area contributed by atoms with Gasteiger partial charge in [0, 0.05) is 6.42 Å². The molecule has 1 aromatic rings. The summed E-state index contributed by atoms with van der Waals surface area (Å²) in [4.78, 5) is 11.7. The summed E-state index contributed by atoms with van der Waals surface area (Å²) in [5.41, 5.74) is 2.34. The van der Waals surface area contributed by atoms with Crippen LogP contribution in [0, 0.1) is 0 Å². The zero-order valence-corrected chi connectivity index (χ0v) is 13.4. The number of hydrogen-bond donors (Lipinski definition) is 0. The van der Waals surface area contributed by atoms with Crippen LogP contribution in [0.2, 0.25) is 0 Å². The normalized spacial score (nSPS) is 12.0. The molecule has 0 radical (unpaired) electrons. The maximum absolute atomic E-state index is 11.7. The fourth-order valence-electron chi connectivity index (χ4n) is 2.03. The van der Waals surface area contributed by atoms with Crippen LogP contribution in [-0.2, 0) is 4.79 Å². The first kappa shape index (κ1) is 16.6. The summed E-state index contributed by atoms with van der Waals surface area (Å²) in [5, 5.41) is 0. The number of ketones is 1. The molecular weight excluding hydrogens is 246 g/mol. The standard InChI is InChI=1S/C18H28NO/c1-5-6-7-8-9-18(20)15-12-16-10-13-17(14-11-16)19(2,3)4/h10-15H,5-9H2,1-4H3/q+1/b15-12+. The number of hydrogen-bond acceptors (Lipinski definition) is 1. The van der Waals surface area contributed by atoms with Crippen molar-refractivity contribution in [2.75, 3.05) is 21.1 Å². The van der Waals surface area contributed by atoms with Crippen molar-refractivity contribution >= 4 is 17.5 Å². The number of nitrogens with zero attached hydrogens (tertiary/aromatic N) is 1. The number of allylic oxidation sites excluding steroid dienone is 1. The predicted octanol–water partition coefficient (Wildman–Crippen LogP) is 4.44. The van der Waals surface area contributed by atoms with Gasteiger partial charge in [0.15, 0.2) is 5.78 Å². The van der Waals surface area contributed by atoms with E-state index in [1.807, 2.05) is 6.08 Å². The highest BCUT2D eigenvalue weighted by atomic mass is 16.1. The van der Waals surface area contributed by atoms with Gasteiger partial charge in [-0.1, -0.05) is 32.3 Å². The Bertz CT molecular complexity index is 437. The SMILES string of the molecule is CCCCCCC(=O)/C=C/c1ccc([N+](C)(C)C)cc1. The van der Waals surface area contributed by atoms with E-state index in [1.54, 1.807) is 6.08 Å². The van der Waals surface area contributed by atoms with Gasteiger partial charge in [0.25, 0.3) is 0 Å². The molecule has 0 aliphatic heterocycles. The molecular formula is C18H28NO+. The molecule has 0 amide bonds. The topological polar surface area (TPSA) is 17.1 Å². The number of rotatable bonds is 8. The Labute approximate surface area is 123 Å². The van der Waals surface area contributed by atoms with Gasteiger partial charge in [-0.2, -0.15) is 0 Å². The summed E-state index contributed by atoms with van der Waals surface area (Å²) in [6.07, 6.45) is 8.92. The molecule has 2 heteroatoms. The maximum Gasteiger partial charge on any atom is 0.155 e. The van der Waals surface area contributed by atoms with E-state index in [0.29, 0.717) is 6.42 Å². The van der Waals surface area contributed by atoms with Crippen molar-refractivity contribution < 1.29 is 4.79 Å². The molecule has 0 aromatic heterocycles. The molecule has 2 nitrogen and oxygen atoms in total. The predicted molar refractivity (Wildman–Crippen MR) is 88.8 cm³/mol. The van der Waals surface area contributed by atoms with E-state index in [4.69, 9.17) is 0 Å². The van der Waals surface area contributed by atoms with Crippen molar-refractivity contribution in [3.8, 4) is 0 Å². The molecule has 0 aliphatic rings. The van der Waals surface area contributed by atoms with Gasteiger partial charge < -0.3 is 0 Å². The van der Waals surface area contributed by atoms with Crippen LogP contribution in [0.5, 0.6) is 0 Å². The van der Waals surface area contributed by atoms with Crippen molar-refractivity contribution in [2.45, 2.75) is 39.0 Å². The minimum atomic E-state index is 0.233. The zero-order chi connectivity index (χ0) is 15.0. The van der Waals surface area contributed by atoms with Crippen LogP contribution >= 0.6 is 0 Å². The van der Waals surface area contributed by atoms with Crippen LogP contribution in [-0.4, -0.2) is 26.9 Å². The number of carbonyl (C=O) groups is 1. The quantitative estimate of drug-likeness (QED) is 0.389. The van der Waals surface area contributed by atoms with Crippen molar-refractivity contribution in [1.29, 1.82) is 0 Å². The van der Waals surface area contributed by atoms with Crippen molar-refractivity contribution in [2.24, 2.45) is 0 Å². The summed E-state index contributed by atoms with van der Waals surface area (Å²) < 4.78 is 0.806. The monoisotopic (exact) mass is 274 g/mol. The molecule has 0 N–H and O–H groups in total. The van der Waals surface area contributed by atoms with Crippen LogP contribution in [0.25, 0.3) is 6.08 Å². The Kier molecular flexibility index (Phi) is 6.66. The molecule has 1 rings (SSSR count). The number of carbonyl (C=O) groups excluding carboxylic acids is 1. The van der Waals surface area contributed by atoms with E-state index in [0.717, 1.165) is 22.9 Å². The lowest BCUT2D eigenvalue weighted by Crippen LogP contribution is -2.34. The number of quaternary nitrogens is 1. The van der Waals surface area contributed by atoms with Gasteiger partial charge in [-0.05, 0) is 42.3 Å². The van der Waals surface area contributed by atoms with Gasteiger partial charge in [0.05, 0.1) is 21.1 Å². The van der Waals surface area contributed by atoms with Crippen molar-refractivity contribution in [1.82, 2.24) is 4.48 Å². The highest BCUT2D eigenvalue weighted by molar-refractivity contribution is 5.93.